The first-order valence-corrected chi connectivity index (χ1v) is 6.46. The highest BCUT2D eigenvalue weighted by atomic mass is 16.5. The molecule has 3 rings (SSSR count). The zero-order chi connectivity index (χ0) is 11.7. The molecule has 0 aromatic heterocycles. The van der Waals surface area contributed by atoms with Gasteiger partial charge in [-0.15, -0.1) is 0 Å². The SMILES string of the molecule is COc1ccc2c(c1)CNC(CN1CCC1)C2. The van der Waals surface area contributed by atoms with E-state index in [1.807, 2.05) is 0 Å². The number of hydrogen-bond acceptors (Lipinski definition) is 3. The van der Waals surface area contributed by atoms with Crippen molar-refractivity contribution < 1.29 is 4.74 Å². The van der Waals surface area contributed by atoms with Crippen molar-refractivity contribution >= 4 is 0 Å². The molecule has 2 aliphatic rings. The van der Waals surface area contributed by atoms with Gasteiger partial charge >= 0.3 is 0 Å². The minimum absolute atomic E-state index is 0.621. The standard InChI is InChI=1S/C14H20N2O/c1-17-14-4-3-11-7-13(10-16-5-2-6-16)15-9-12(11)8-14/h3-4,8,13,15H,2,5-7,9-10H2,1H3. The Morgan fingerprint density at radius 3 is 2.94 bits per heavy atom. The first-order chi connectivity index (χ1) is 8.35. The Balaban J connectivity index is 1.67. The Morgan fingerprint density at radius 2 is 2.24 bits per heavy atom. The summed E-state index contributed by atoms with van der Waals surface area (Å²) >= 11 is 0. The Morgan fingerprint density at radius 1 is 1.35 bits per heavy atom. The second-order valence-corrected chi connectivity index (χ2v) is 5.07. The molecule has 2 aliphatic heterocycles. The number of methoxy groups -OCH3 is 1. The maximum atomic E-state index is 5.26. The maximum absolute atomic E-state index is 5.26. The average Bonchev–Trinajstić information content (AvgIpc) is 2.33. The highest BCUT2D eigenvalue weighted by Crippen LogP contribution is 2.23. The van der Waals surface area contributed by atoms with Crippen molar-refractivity contribution in [3.05, 3.63) is 29.3 Å². The van der Waals surface area contributed by atoms with Crippen LogP contribution in [0.3, 0.4) is 0 Å². The molecule has 0 bridgehead atoms. The van der Waals surface area contributed by atoms with Crippen LogP contribution < -0.4 is 10.1 Å². The first-order valence-electron chi connectivity index (χ1n) is 6.46. The van der Waals surface area contributed by atoms with Crippen LogP contribution >= 0.6 is 0 Å². The number of likely N-dealkylation sites (tertiary alicyclic amines) is 1. The lowest BCUT2D eigenvalue weighted by molar-refractivity contribution is 0.158. The van der Waals surface area contributed by atoms with Crippen LogP contribution in [0, 0.1) is 0 Å². The average molecular weight is 232 g/mol. The van der Waals surface area contributed by atoms with Gasteiger partial charge in [-0.2, -0.15) is 0 Å². The van der Waals surface area contributed by atoms with E-state index in [1.165, 1.54) is 37.2 Å². The van der Waals surface area contributed by atoms with Crippen LogP contribution in [-0.2, 0) is 13.0 Å². The fraction of sp³-hybridized carbons (Fsp3) is 0.571. The number of fused-ring (bicyclic) bond motifs is 1. The molecule has 1 unspecified atom stereocenters. The van der Waals surface area contributed by atoms with E-state index in [4.69, 9.17) is 4.74 Å². The molecule has 92 valence electrons. The summed E-state index contributed by atoms with van der Waals surface area (Å²) in [6.45, 7) is 4.75. The van der Waals surface area contributed by atoms with Crippen LogP contribution in [0.2, 0.25) is 0 Å². The first kappa shape index (κ1) is 11.1. The molecule has 0 amide bonds. The van der Waals surface area contributed by atoms with Crippen LogP contribution in [-0.4, -0.2) is 37.7 Å². The third-order valence-electron chi connectivity index (χ3n) is 3.89. The lowest BCUT2D eigenvalue weighted by Crippen LogP contribution is -2.49. The quantitative estimate of drug-likeness (QED) is 0.853. The molecule has 0 saturated carbocycles. The Hall–Kier alpha value is -1.06. The van der Waals surface area contributed by atoms with Gasteiger partial charge in [0.2, 0.25) is 0 Å². The van der Waals surface area contributed by atoms with Crippen molar-refractivity contribution in [3.63, 3.8) is 0 Å². The van der Waals surface area contributed by atoms with Crippen LogP contribution in [0.15, 0.2) is 18.2 Å². The number of nitrogens with one attached hydrogen (secondary N) is 1. The molecule has 1 N–H and O–H groups in total. The third kappa shape index (κ3) is 2.31. The van der Waals surface area contributed by atoms with Crippen molar-refractivity contribution in [2.24, 2.45) is 0 Å². The van der Waals surface area contributed by atoms with E-state index in [1.54, 1.807) is 7.11 Å². The minimum atomic E-state index is 0.621. The molecule has 2 heterocycles. The summed E-state index contributed by atoms with van der Waals surface area (Å²) in [5, 5.41) is 3.63. The Kier molecular flexibility index (Phi) is 3.04. The highest BCUT2D eigenvalue weighted by molar-refractivity contribution is 5.37. The highest BCUT2D eigenvalue weighted by Gasteiger charge is 2.23. The van der Waals surface area contributed by atoms with Crippen LogP contribution in [0.4, 0.5) is 0 Å². The zero-order valence-corrected chi connectivity index (χ0v) is 10.4. The van der Waals surface area contributed by atoms with Crippen molar-refractivity contribution in [1.29, 1.82) is 0 Å². The van der Waals surface area contributed by atoms with Gasteiger partial charge in [-0.25, -0.2) is 0 Å². The molecular weight excluding hydrogens is 212 g/mol. The molecule has 3 nitrogen and oxygen atoms in total. The van der Waals surface area contributed by atoms with Crippen molar-refractivity contribution in [2.45, 2.75) is 25.4 Å². The van der Waals surface area contributed by atoms with E-state index in [0.717, 1.165) is 18.7 Å². The molecule has 1 atom stereocenters. The smallest absolute Gasteiger partial charge is 0.119 e. The van der Waals surface area contributed by atoms with E-state index < -0.39 is 0 Å². The zero-order valence-electron chi connectivity index (χ0n) is 10.4. The normalized spacial score (nSPS) is 23.9. The van der Waals surface area contributed by atoms with Crippen molar-refractivity contribution in [1.82, 2.24) is 10.2 Å². The summed E-state index contributed by atoms with van der Waals surface area (Å²) in [4.78, 5) is 2.53. The summed E-state index contributed by atoms with van der Waals surface area (Å²) in [5.41, 5.74) is 2.87. The third-order valence-corrected chi connectivity index (χ3v) is 3.89. The second kappa shape index (κ2) is 4.67. The van der Waals surface area contributed by atoms with Crippen molar-refractivity contribution in [3.8, 4) is 5.75 Å². The van der Waals surface area contributed by atoms with Gasteiger partial charge in [-0.05, 0) is 49.2 Å². The van der Waals surface area contributed by atoms with Crippen LogP contribution in [0.25, 0.3) is 0 Å². The van der Waals surface area contributed by atoms with Gasteiger partial charge in [0.1, 0.15) is 5.75 Å². The lowest BCUT2D eigenvalue weighted by Gasteiger charge is -2.36. The summed E-state index contributed by atoms with van der Waals surface area (Å²) in [7, 11) is 1.73. The predicted molar refractivity (Wildman–Crippen MR) is 68.4 cm³/mol. The van der Waals surface area contributed by atoms with Crippen molar-refractivity contribution in [2.75, 3.05) is 26.7 Å². The summed E-state index contributed by atoms with van der Waals surface area (Å²) in [5.74, 6) is 0.965. The van der Waals surface area contributed by atoms with Gasteiger partial charge in [0, 0.05) is 19.1 Å². The second-order valence-electron chi connectivity index (χ2n) is 5.07. The largest absolute Gasteiger partial charge is 0.497 e. The maximum Gasteiger partial charge on any atom is 0.119 e. The molecule has 3 heteroatoms. The number of nitrogens with zero attached hydrogens (tertiary/aromatic N) is 1. The molecular formula is C14H20N2O. The number of ether oxygens (including phenoxy) is 1. The minimum Gasteiger partial charge on any atom is -0.497 e. The lowest BCUT2D eigenvalue weighted by atomic mass is 9.95. The summed E-state index contributed by atoms with van der Waals surface area (Å²) < 4.78 is 5.26. The van der Waals surface area contributed by atoms with Gasteiger partial charge in [-0.1, -0.05) is 6.07 Å². The predicted octanol–water partition coefficient (Wildman–Crippen LogP) is 1.42. The Bertz CT molecular complexity index is 401. The number of benzene rings is 1. The fourth-order valence-corrected chi connectivity index (χ4v) is 2.69. The number of hydrogen-bond donors (Lipinski definition) is 1. The molecule has 0 aliphatic carbocycles. The molecule has 1 fully saturated rings. The van der Waals surface area contributed by atoms with Crippen LogP contribution in [0.5, 0.6) is 5.75 Å². The number of rotatable bonds is 3. The van der Waals surface area contributed by atoms with E-state index in [2.05, 4.69) is 28.4 Å². The summed E-state index contributed by atoms with van der Waals surface area (Å²) in [6, 6.07) is 7.07. The van der Waals surface area contributed by atoms with Gasteiger partial charge in [0.05, 0.1) is 7.11 Å². The summed E-state index contributed by atoms with van der Waals surface area (Å²) in [6.07, 6.45) is 2.52. The van der Waals surface area contributed by atoms with E-state index >= 15 is 0 Å². The fourth-order valence-electron chi connectivity index (χ4n) is 2.69. The molecule has 1 saturated heterocycles. The Labute approximate surface area is 103 Å². The molecule has 1 aromatic carbocycles. The topological polar surface area (TPSA) is 24.5 Å². The molecule has 1 aromatic rings. The van der Waals surface area contributed by atoms with Gasteiger partial charge in [0.25, 0.3) is 0 Å². The van der Waals surface area contributed by atoms with Gasteiger partial charge in [-0.3, -0.25) is 0 Å². The van der Waals surface area contributed by atoms with Gasteiger partial charge in [0.15, 0.2) is 0 Å². The van der Waals surface area contributed by atoms with E-state index in [0.29, 0.717) is 6.04 Å². The van der Waals surface area contributed by atoms with E-state index in [-0.39, 0.29) is 0 Å². The monoisotopic (exact) mass is 232 g/mol. The van der Waals surface area contributed by atoms with Gasteiger partial charge < -0.3 is 15.0 Å². The molecule has 17 heavy (non-hydrogen) atoms. The molecule has 0 radical (unpaired) electrons. The van der Waals surface area contributed by atoms with Crippen LogP contribution in [0.1, 0.15) is 17.5 Å². The molecule has 0 spiro atoms. The van der Waals surface area contributed by atoms with E-state index in [9.17, 15) is 0 Å².